The summed E-state index contributed by atoms with van der Waals surface area (Å²) in [7, 11) is 1.74. The fourth-order valence-electron chi connectivity index (χ4n) is 6.75. The van der Waals surface area contributed by atoms with Gasteiger partial charge >= 0.3 is 6.03 Å². The number of ketones is 1. The number of aromatic nitrogens is 1. The SMILES string of the molecule is COc1cc(Cc2cc(Oc3ccc(NC(=O)Nc4cc(C(C)(C)C)cc(S(C)=O)c4OC)c4ccccc34)ccn2)ccc1C(=O)CCCN1CCOCC1. The Morgan fingerprint density at radius 1 is 0.875 bits per heavy atom. The van der Waals surface area contributed by atoms with Gasteiger partial charge in [-0.05, 0) is 72.0 Å². The number of benzene rings is 4. The Morgan fingerprint density at radius 2 is 1.62 bits per heavy atom. The highest BCUT2D eigenvalue weighted by molar-refractivity contribution is 7.84. The molecule has 0 radical (unpaired) electrons. The van der Waals surface area contributed by atoms with Gasteiger partial charge in [-0.25, -0.2) is 4.79 Å². The molecule has 4 aromatic carbocycles. The highest BCUT2D eigenvalue weighted by atomic mass is 32.2. The largest absolute Gasteiger partial charge is 0.496 e. The number of pyridine rings is 1. The van der Waals surface area contributed by atoms with Crippen LogP contribution in [0, 0.1) is 0 Å². The maximum atomic E-state index is 13.5. The van der Waals surface area contributed by atoms with Crippen molar-refractivity contribution in [1.29, 1.82) is 0 Å². The molecule has 1 aliphatic rings. The van der Waals surface area contributed by atoms with E-state index in [1.165, 1.54) is 7.11 Å². The minimum atomic E-state index is -1.34. The summed E-state index contributed by atoms with van der Waals surface area (Å²) in [6.07, 6.45) is 5.05. The van der Waals surface area contributed by atoms with E-state index in [1.54, 1.807) is 31.7 Å². The van der Waals surface area contributed by atoms with Crippen LogP contribution in [0.25, 0.3) is 10.8 Å². The molecule has 294 valence electrons. The first-order valence-corrected chi connectivity index (χ1v) is 20.3. The molecule has 12 heteroatoms. The number of Topliss-reactive ketones (excluding diaryl/α,β-unsaturated/α-hetero) is 1. The molecule has 56 heavy (non-hydrogen) atoms. The lowest BCUT2D eigenvalue weighted by molar-refractivity contribution is 0.0371. The summed E-state index contributed by atoms with van der Waals surface area (Å²) in [5.74, 6) is 2.19. The molecule has 1 atom stereocenters. The van der Waals surface area contributed by atoms with E-state index in [2.05, 4.69) is 41.3 Å². The fraction of sp³-hybridized carbons (Fsp3) is 0.341. The van der Waals surface area contributed by atoms with Crippen LogP contribution in [-0.4, -0.2) is 79.2 Å². The average molecular weight is 779 g/mol. The lowest BCUT2D eigenvalue weighted by atomic mass is 9.86. The number of morpholine rings is 1. The van der Waals surface area contributed by atoms with Crippen molar-refractivity contribution in [2.45, 2.75) is 50.3 Å². The van der Waals surface area contributed by atoms with Crippen LogP contribution >= 0.6 is 0 Å². The third-order valence-corrected chi connectivity index (χ3v) is 10.7. The number of carbonyl (C=O) groups is 2. The predicted octanol–water partition coefficient (Wildman–Crippen LogP) is 8.61. The lowest BCUT2D eigenvalue weighted by Gasteiger charge is -2.26. The van der Waals surface area contributed by atoms with Gasteiger partial charge in [-0.2, -0.15) is 0 Å². The first-order valence-electron chi connectivity index (χ1n) is 18.7. The number of anilines is 2. The number of fused-ring (bicyclic) bond motifs is 1. The van der Waals surface area contributed by atoms with Crippen molar-refractivity contribution >= 4 is 44.8 Å². The van der Waals surface area contributed by atoms with Gasteiger partial charge in [0, 0.05) is 60.9 Å². The molecule has 1 unspecified atom stereocenters. The van der Waals surface area contributed by atoms with E-state index in [9.17, 15) is 13.8 Å². The first kappa shape index (κ1) is 40.4. The second kappa shape index (κ2) is 18.1. The molecule has 0 bridgehead atoms. The lowest BCUT2D eigenvalue weighted by Crippen LogP contribution is -2.36. The summed E-state index contributed by atoms with van der Waals surface area (Å²) >= 11 is 0. The van der Waals surface area contributed by atoms with Crippen LogP contribution in [0.1, 0.15) is 60.8 Å². The number of hydrogen-bond donors (Lipinski definition) is 2. The fourth-order valence-corrected chi connectivity index (χ4v) is 7.50. The molecule has 1 aromatic heterocycles. The standard InChI is InChI=1S/C44H50N4O7S/c1-44(2,3)30-26-37(42(53-5)41(27-30)56(6)51)47-43(50)46-36-15-16-39(34-11-8-7-10-33(34)36)55-32-17-18-45-31(28-32)24-29-13-14-35(40(25-29)52-4)38(49)12-9-19-48-20-22-54-23-21-48/h7-8,10-11,13-18,25-28H,9,12,19-24H2,1-6H3,(H2,46,47,50). The molecule has 2 amide bonds. The monoisotopic (exact) mass is 778 g/mol. The summed E-state index contributed by atoms with van der Waals surface area (Å²) in [5, 5.41) is 7.48. The number of nitrogens with zero attached hydrogens (tertiary/aromatic N) is 2. The molecule has 5 aromatic rings. The van der Waals surface area contributed by atoms with E-state index in [-0.39, 0.29) is 11.2 Å². The Kier molecular flexibility index (Phi) is 13.0. The predicted molar refractivity (Wildman–Crippen MR) is 222 cm³/mol. The molecular formula is C44H50N4O7S. The van der Waals surface area contributed by atoms with Gasteiger partial charge in [0.25, 0.3) is 0 Å². The van der Waals surface area contributed by atoms with Crippen molar-refractivity contribution in [2.24, 2.45) is 0 Å². The van der Waals surface area contributed by atoms with Crippen LogP contribution < -0.4 is 24.8 Å². The van der Waals surface area contributed by atoms with Crippen molar-refractivity contribution in [3.63, 3.8) is 0 Å². The number of urea groups is 1. The van der Waals surface area contributed by atoms with Gasteiger partial charge in [0.15, 0.2) is 11.5 Å². The highest BCUT2D eigenvalue weighted by Crippen LogP contribution is 2.38. The minimum Gasteiger partial charge on any atom is -0.496 e. The summed E-state index contributed by atoms with van der Waals surface area (Å²) in [5.41, 5.74) is 4.01. The second-order valence-electron chi connectivity index (χ2n) is 14.8. The Bertz CT molecular complexity index is 2230. The van der Waals surface area contributed by atoms with Gasteiger partial charge in [-0.15, -0.1) is 0 Å². The second-order valence-corrected chi connectivity index (χ2v) is 16.1. The molecule has 1 saturated heterocycles. The van der Waals surface area contributed by atoms with Gasteiger partial charge in [0.05, 0.1) is 60.1 Å². The summed E-state index contributed by atoms with van der Waals surface area (Å²) in [6.45, 7) is 10.3. The third kappa shape index (κ3) is 9.92. The first-order chi connectivity index (χ1) is 26.9. The van der Waals surface area contributed by atoms with Gasteiger partial charge in [0.2, 0.25) is 0 Å². The smallest absolute Gasteiger partial charge is 0.323 e. The van der Waals surface area contributed by atoms with Crippen LogP contribution in [0.15, 0.2) is 90.0 Å². The van der Waals surface area contributed by atoms with E-state index >= 15 is 0 Å². The molecule has 1 fully saturated rings. The normalized spacial score (nSPS) is 13.9. The Balaban J connectivity index is 1.14. The van der Waals surface area contributed by atoms with E-state index in [0.29, 0.717) is 57.7 Å². The molecule has 0 aliphatic carbocycles. The van der Waals surface area contributed by atoms with E-state index in [4.69, 9.17) is 18.9 Å². The Hall–Kier alpha value is -5.30. The van der Waals surface area contributed by atoms with Gasteiger partial charge < -0.3 is 29.6 Å². The maximum absolute atomic E-state index is 13.5. The van der Waals surface area contributed by atoms with Crippen molar-refractivity contribution < 1.29 is 32.7 Å². The number of rotatable bonds is 14. The van der Waals surface area contributed by atoms with Gasteiger partial charge in [-0.3, -0.25) is 18.9 Å². The summed E-state index contributed by atoms with van der Waals surface area (Å²) < 4.78 is 35.7. The average Bonchev–Trinajstić information content (AvgIpc) is 3.18. The molecule has 6 rings (SSSR count). The summed E-state index contributed by atoms with van der Waals surface area (Å²) in [4.78, 5) is 34.0. The summed E-state index contributed by atoms with van der Waals surface area (Å²) in [6, 6.07) is 23.9. The third-order valence-electron chi connectivity index (χ3n) is 9.76. The van der Waals surface area contributed by atoms with Crippen molar-refractivity contribution in [3.05, 3.63) is 107 Å². The van der Waals surface area contributed by atoms with Crippen molar-refractivity contribution in [3.8, 4) is 23.0 Å². The zero-order valence-corrected chi connectivity index (χ0v) is 33.7. The molecular weight excluding hydrogens is 729 g/mol. The highest BCUT2D eigenvalue weighted by Gasteiger charge is 2.23. The van der Waals surface area contributed by atoms with Gasteiger partial charge in [0.1, 0.15) is 17.2 Å². The molecule has 1 aliphatic heterocycles. The number of amides is 2. The van der Waals surface area contributed by atoms with Crippen LogP contribution in [0.3, 0.4) is 0 Å². The van der Waals surface area contributed by atoms with Crippen LogP contribution in [-0.2, 0) is 27.4 Å². The number of hydrogen-bond acceptors (Lipinski definition) is 9. The van der Waals surface area contributed by atoms with E-state index in [0.717, 1.165) is 66.9 Å². The Morgan fingerprint density at radius 3 is 2.34 bits per heavy atom. The van der Waals surface area contributed by atoms with Crippen LogP contribution in [0.5, 0.6) is 23.0 Å². The zero-order chi connectivity index (χ0) is 39.8. The van der Waals surface area contributed by atoms with Crippen LogP contribution in [0.2, 0.25) is 0 Å². The molecule has 2 heterocycles. The van der Waals surface area contributed by atoms with Gasteiger partial charge in [-0.1, -0.05) is 51.1 Å². The maximum Gasteiger partial charge on any atom is 0.323 e. The minimum absolute atomic E-state index is 0.0692. The van der Waals surface area contributed by atoms with E-state index in [1.807, 2.05) is 66.7 Å². The topological polar surface area (TPSA) is 128 Å². The number of nitrogens with one attached hydrogen (secondary N) is 2. The van der Waals surface area contributed by atoms with Crippen LogP contribution in [0.4, 0.5) is 16.2 Å². The zero-order valence-electron chi connectivity index (χ0n) is 32.9. The van der Waals surface area contributed by atoms with Crippen molar-refractivity contribution in [1.82, 2.24) is 9.88 Å². The van der Waals surface area contributed by atoms with Crippen molar-refractivity contribution in [2.75, 3.05) is 64.0 Å². The molecule has 0 saturated carbocycles. The molecule has 2 N–H and O–H groups in total. The Labute approximate surface area is 331 Å². The number of ether oxygens (including phenoxy) is 4. The molecule has 11 nitrogen and oxygen atoms in total. The molecule has 0 spiro atoms. The number of carbonyl (C=O) groups excluding carboxylic acids is 2. The number of methoxy groups -OCH3 is 2. The quantitative estimate of drug-likeness (QED) is 0.107. The van der Waals surface area contributed by atoms with E-state index < -0.39 is 16.8 Å².